The minimum Gasteiger partial charge on any atom is -0.508 e. The Hall–Kier alpha value is -1.81. The monoisotopic (exact) mass is 260 g/mol. The first-order valence-corrected chi connectivity index (χ1v) is 6.63. The van der Waals surface area contributed by atoms with E-state index in [9.17, 15) is 9.90 Å². The lowest BCUT2D eigenvalue weighted by atomic mass is 10.1. The molecule has 102 valence electrons. The fraction of sp³-hybridized carbons (Fsp3) is 0.400. The first-order chi connectivity index (χ1) is 9.16. The quantitative estimate of drug-likeness (QED) is 0.723. The second-order valence-corrected chi connectivity index (χ2v) is 4.82. The van der Waals surface area contributed by atoms with Crippen LogP contribution in [0.5, 0.6) is 5.75 Å². The Labute approximate surface area is 113 Å². The molecule has 1 heterocycles. The number of hydrogen-bond acceptors (Lipinski definition) is 3. The molecule has 0 bridgehead atoms. The molecule has 1 amide bonds. The van der Waals surface area contributed by atoms with E-state index in [2.05, 4.69) is 16.7 Å². The summed E-state index contributed by atoms with van der Waals surface area (Å²) in [7, 11) is 0. The summed E-state index contributed by atoms with van der Waals surface area (Å²) in [6.45, 7) is 4.40. The van der Waals surface area contributed by atoms with Crippen molar-refractivity contribution >= 4 is 5.91 Å². The summed E-state index contributed by atoms with van der Waals surface area (Å²) in [5, 5.41) is 15.6. The molecule has 4 nitrogen and oxygen atoms in total. The predicted molar refractivity (Wildman–Crippen MR) is 75.4 cm³/mol. The molecular weight excluding hydrogens is 240 g/mol. The molecule has 1 aromatic rings. The zero-order valence-electron chi connectivity index (χ0n) is 11.2. The largest absolute Gasteiger partial charge is 0.508 e. The van der Waals surface area contributed by atoms with Crippen LogP contribution in [0.1, 0.15) is 28.8 Å². The summed E-state index contributed by atoms with van der Waals surface area (Å²) in [5.41, 5.74) is 2.71. The van der Waals surface area contributed by atoms with E-state index in [0.717, 1.165) is 25.9 Å². The summed E-state index contributed by atoms with van der Waals surface area (Å²) in [5.74, 6) is 0.133. The number of nitrogens with one attached hydrogen (secondary N) is 2. The number of amides is 1. The Bertz CT molecular complexity index is 495. The van der Waals surface area contributed by atoms with Gasteiger partial charge in [-0.3, -0.25) is 4.79 Å². The van der Waals surface area contributed by atoms with Crippen molar-refractivity contribution in [3.8, 4) is 5.75 Å². The maximum Gasteiger partial charge on any atom is 0.251 e. The van der Waals surface area contributed by atoms with E-state index < -0.39 is 0 Å². The molecule has 0 fully saturated rings. The van der Waals surface area contributed by atoms with Crippen LogP contribution in [0.15, 0.2) is 29.8 Å². The Balaban J connectivity index is 1.83. The van der Waals surface area contributed by atoms with Gasteiger partial charge in [0.25, 0.3) is 5.91 Å². The highest BCUT2D eigenvalue weighted by Gasteiger charge is 2.08. The molecule has 0 aromatic heterocycles. The highest BCUT2D eigenvalue weighted by Crippen LogP contribution is 2.16. The number of carbonyl (C=O) groups excluding carboxylic acids is 1. The molecule has 0 radical (unpaired) electrons. The minimum absolute atomic E-state index is 0.0855. The van der Waals surface area contributed by atoms with Gasteiger partial charge in [-0.15, -0.1) is 0 Å². The van der Waals surface area contributed by atoms with Crippen molar-refractivity contribution in [3.05, 3.63) is 41.0 Å². The molecule has 0 saturated heterocycles. The van der Waals surface area contributed by atoms with Gasteiger partial charge in [-0.25, -0.2) is 0 Å². The molecule has 0 spiro atoms. The maximum atomic E-state index is 11.9. The van der Waals surface area contributed by atoms with Gasteiger partial charge in [0, 0.05) is 18.7 Å². The van der Waals surface area contributed by atoms with Crippen molar-refractivity contribution in [3.63, 3.8) is 0 Å². The maximum absolute atomic E-state index is 11.9. The van der Waals surface area contributed by atoms with Gasteiger partial charge in [-0.1, -0.05) is 11.6 Å². The van der Waals surface area contributed by atoms with Crippen LogP contribution < -0.4 is 10.6 Å². The summed E-state index contributed by atoms with van der Waals surface area (Å²) in [6.07, 6.45) is 4.17. The van der Waals surface area contributed by atoms with Crippen LogP contribution in [0, 0.1) is 6.92 Å². The van der Waals surface area contributed by atoms with E-state index in [4.69, 9.17) is 0 Å². The van der Waals surface area contributed by atoms with Crippen LogP contribution >= 0.6 is 0 Å². The summed E-state index contributed by atoms with van der Waals surface area (Å²) < 4.78 is 0. The number of aryl methyl sites for hydroxylation is 1. The number of carbonyl (C=O) groups is 1. The fourth-order valence-corrected chi connectivity index (χ4v) is 2.13. The van der Waals surface area contributed by atoms with Crippen molar-refractivity contribution in [2.45, 2.75) is 19.8 Å². The lowest BCUT2D eigenvalue weighted by Crippen LogP contribution is -2.26. The van der Waals surface area contributed by atoms with Crippen molar-refractivity contribution in [2.75, 3.05) is 19.6 Å². The normalized spacial score (nSPS) is 14.9. The molecule has 3 N–H and O–H groups in total. The fourth-order valence-electron chi connectivity index (χ4n) is 2.13. The van der Waals surface area contributed by atoms with E-state index in [1.807, 2.05) is 0 Å². The topological polar surface area (TPSA) is 61.4 Å². The Morgan fingerprint density at radius 1 is 1.47 bits per heavy atom. The van der Waals surface area contributed by atoms with E-state index in [1.165, 1.54) is 5.57 Å². The summed E-state index contributed by atoms with van der Waals surface area (Å²) in [6, 6.07) is 4.90. The highest BCUT2D eigenvalue weighted by molar-refractivity contribution is 5.94. The SMILES string of the molecule is Cc1cc(C(=O)NCCC2=CCNCC2)ccc1O. The molecule has 0 unspecified atom stereocenters. The van der Waals surface area contributed by atoms with Crippen molar-refractivity contribution in [1.29, 1.82) is 0 Å². The molecule has 1 aliphatic rings. The molecule has 19 heavy (non-hydrogen) atoms. The second kappa shape index (κ2) is 6.38. The van der Waals surface area contributed by atoms with E-state index >= 15 is 0 Å². The molecule has 0 saturated carbocycles. The number of phenols is 1. The van der Waals surface area contributed by atoms with Gasteiger partial charge in [0.2, 0.25) is 0 Å². The van der Waals surface area contributed by atoms with Gasteiger partial charge in [0.15, 0.2) is 0 Å². The van der Waals surface area contributed by atoms with Crippen molar-refractivity contribution in [1.82, 2.24) is 10.6 Å². The smallest absolute Gasteiger partial charge is 0.251 e. The van der Waals surface area contributed by atoms with Crippen LogP contribution in [0.4, 0.5) is 0 Å². The van der Waals surface area contributed by atoms with E-state index in [0.29, 0.717) is 17.7 Å². The third-order valence-electron chi connectivity index (χ3n) is 3.35. The number of hydrogen-bond donors (Lipinski definition) is 3. The standard InChI is InChI=1S/C15H20N2O2/c1-11-10-13(2-3-14(11)18)15(19)17-9-6-12-4-7-16-8-5-12/h2-4,10,16,18H,5-9H2,1H3,(H,17,19). The number of rotatable bonds is 4. The third-order valence-corrected chi connectivity index (χ3v) is 3.35. The third kappa shape index (κ3) is 3.83. The van der Waals surface area contributed by atoms with Crippen LogP contribution in [0.3, 0.4) is 0 Å². The number of phenolic OH excluding ortho intramolecular Hbond substituents is 1. The Kier molecular flexibility index (Phi) is 4.58. The molecule has 1 aliphatic heterocycles. The first-order valence-electron chi connectivity index (χ1n) is 6.63. The second-order valence-electron chi connectivity index (χ2n) is 4.82. The molecular formula is C15H20N2O2. The van der Waals surface area contributed by atoms with Crippen molar-refractivity contribution in [2.24, 2.45) is 0 Å². The molecule has 4 heteroatoms. The average molecular weight is 260 g/mol. The zero-order chi connectivity index (χ0) is 13.7. The van der Waals surface area contributed by atoms with Crippen molar-refractivity contribution < 1.29 is 9.90 Å². The van der Waals surface area contributed by atoms with Gasteiger partial charge in [0.05, 0.1) is 0 Å². The van der Waals surface area contributed by atoms with Gasteiger partial charge >= 0.3 is 0 Å². The van der Waals surface area contributed by atoms with Crippen LogP contribution in [-0.2, 0) is 0 Å². The molecule has 0 aliphatic carbocycles. The molecule has 1 aromatic carbocycles. The number of aromatic hydroxyl groups is 1. The van der Waals surface area contributed by atoms with E-state index in [1.54, 1.807) is 25.1 Å². The summed E-state index contributed by atoms with van der Waals surface area (Å²) >= 11 is 0. The van der Waals surface area contributed by atoms with Gasteiger partial charge < -0.3 is 15.7 Å². The van der Waals surface area contributed by atoms with Gasteiger partial charge in [-0.2, -0.15) is 0 Å². The molecule has 2 rings (SSSR count). The van der Waals surface area contributed by atoms with Gasteiger partial charge in [-0.05, 0) is 50.1 Å². The lowest BCUT2D eigenvalue weighted by Gasteiger charge is -2.14. The minimum atomic E-state index is -0.0855. The van der Waals surface area contributed by atoms with Crippen LogP contribution in [0.25, 0.3) is 0 Å². The van der Waals surface area contributed by atoms with Crippen LogP contribution in [0.2, 0.25) is 0 Å². The summed E-state index contributed by atoms with van der Waals surface area (Å²) in [4.78, 5) is 11.9. The zero-order valence-corrected chi connectivity index (χ0v) is 11.2. The Morgan fingerprint density at radius 2 is 2.32 bits per heavy atom. The lowest BCUT2D eigenvalue weighted by molar-refractivity contribution is 0.0954. The Morgan fingerprint density at radius 3 is 3.00 bits per heavy atom. The van der Waals surface area contributed by atoms with Gasteiger partial charge in [0.1, 0.15) is 5.75 Å². The number of benzene rings is 1. The average Bonchev–Trinajstić information content (AvgIpc) is 2.43. The first kappa shape index (κ1) is 13.6. The van der Waals surface area contributed by atoms with E-state index in [-0.39, 0.29) is 11.7 Å². The predicted octanol–water partition coefficient (Wildman–Crippen LogP) is 1.74. The highest BCUT2D eigenvalue weighted by atomic mass is 16.3. The molecule has 0 atom stereocenters. The van der Waals surface area contributed by atoms with Crippen LogP contribution in [-0.4, -0.2) is 30.6 Å².